The second kappa shape index (κ2) is 3.90. The molecule has 0 aromatic carbocycles. The summed E-state index contributed by atoms with van der Waals surface area (Å²) < 4.78 is 4.96. The van der Waals surface area contributed by atoms with Gasteiger partial charge in [0.25, 0.3) is 0 Å². The van der Waals surface area contributed by atoms with Crippen molar-refractivity contribution < 1.29 is 9.53 Å². The lowest BCUT2D eigenvalue weighted by atomic mass is 10.4. The van der Waals surface area contributed by atoms with E-state index in [0.717, 1.165) is 0 Å². The van der Waals surface area contributed by atoms with Gasteiger partial charge in [-0.2, -0.15) is 0 Å². The molecule has 0 saturated heterocycles. The van der Waals surface area contributed by atoms with E-state index in [-0.39, 0.29) is 5.91 Å². The Balaban J connectivity index is 2.58. The SMILES string of the molecule is COC1=NC=CN(C(C)=O)CC1. The Morgan fingerprint density at radius 2 is 2.50 bits per heavy atom. The summed E-state index contributed by atoms with van der Waals surface area (Å²) >= 11 is 0. The molecule has 0 bridgehead atoms. The number of amides is 1. The van der Waals surface area contributed by atoms with E-state index < -0.39 is 0 Å². The largest absolute Gasteiger partial charge is 0.484 e. The van der Waals surface area contributed by atoms with Crippen molar-refractivity contribution >= 4 is 11.8 Å². The van der Waals surface area contributed by atoms with Crippen molar-refractivity contribution in [2.24, 2.45) is 4.99 Å². The van der Waals surface area contributed by atoms with Crippen LogP contribution in [0.15, 0.2) is 17.4 Å². The third-order valence-corrected chi connectivity index (χ3v) is 1.67. The zero-order valence-corrected chi connectivity index (χ0v) is 7.28. The van der Waals surface area contributed by atoms with Gasteiger partial charge < -0.3 is 9.64 Å². The minimum atomic E-state index is 0.0267. The Kier molecular flexibility index (Phi) is 2.85. The fraction of sp³-hybridized carbons (Fsp3) is 0.500. The van der Waals surface area contributed by atoms with Crippen LogP contribution in [0.3, 0.4) is 0 Å². The molecule has 0 unspecified atom stereocenters. The van der Waals surface area contributed by atoms with Crippen LogP contribution in [0.5, 0.6) is 0 Å². The molecule has 1 aliphatic heterocycles. The molecular formula is C8H12N2O2. The van der Waals surface area contributed by atoms with Crippen molar-refractivity contribution in [3.05, 3.63) is 12.4 Å². The zero-order chi connectivity index (χ0) is 8.97. The van der Waals surface area contributed by atoms with Crippen molar-refractivity contribution in [3.8, 4) is 0 Å². The predicted molar refractivity (Wildman–Crippen MR) is 45.6 cm³/mol. The number of hydrogen-bond acceptors (Lipinski definition) is 3. The molecule has 0 radical (unpaired) electrons. The molecule has 0 fully saturated rings. The quantitative estimate of drug-likeness (QED) is 0.535. The van der Waals surface area contributed by atoms with E-state index in [4.69, 9.17) is 4.74 Å². The number of hydrogen-bond donors (Lipinski definition) is 0. The molecule has 0 aliphatic carbocycles. The lowest BCUT2D eigenvalue weighted by Crippen LogP contribution is -2.24. The highest BCUT2D eigenvalue weighted by Gasteiger charge is 2.09. The van der Waals surface area contributed by atoms with Crippen molar-refractivity contribution in [1.82, 2.24) is 4.90 Å². The van der Waals surface area contributed by atoms with Crippen LogP contribution in [0.2, 0.25) is 0 Å². The van der Waals surface area contributed by atoms with Crippen LogP contribution in [0.25, 0.3) is 0 Å². The summed E-state index contributed by atoms with van der Waals surface area (Å²) in [4.78, 5) is 16.5. The molecule has 0 aromatic heterocycles. The first kappa shape index (κ1) is 8.77. The molecule has 1 heterocycles. The van der Waals surface area contributed by atoms with Gasteiger partial charge in [0.1, 0.15) is 0 Å². The number of methoxy groups -OCH3 is 1. The summed E-state index contributed by atoms with van der Waals surface area (Å²) in [5, 5.41) is 0. The Morgan fingerprint density at radius 1 is 1.75 bits per heavy atom. The summed E-state index contributed by atoms with van der Waals surface area (Å²) in [6, 6.07) is 0. The Bertz CT molecular complexity index is 233. The summed E-state index contributed by atoms with van der Waals surface area (Å²) in [6.07, 6.45) is 3.91. The molecule has 12 heavy (non-hydrogen) atoms. The van der Waals surface area contributed by atoms with Crippen LogP contribution < -0.4 is 0 Å². The van der Waals surface area contributed by atoms with Gasteiger partial charge in [-0.1, -0.05) is 0 Å². The van der Waals surface area contributed by atoms with Gasteiger partial charge in [0.05, 0.1) is 7.11 Å². The average Bonchev–Trinajstić information content (AvgIpc) is 2.28. The van der Waals surface area contributed by atoms with Gasteiger partial charge in [-0.15, -0.1) is 0 Å². The fourth-order valence-corrected chi connectivity index (χ4v) is 0.969. The Labute approximate surface area is 71.5 Å². The van der Waals surface area contributed by atoms with Crippen molar-refractivity contribution in [3.63, 3.8) is 0 Å². The molecule has 1 aliphatic rings. The molecule has 0 atom stereocenters. The van der Waals surface area contributed by atoms with Crippen molar-refractivity contribution in [2.45, 2.75) is 13.3 Å². The summed E-state index contributed by atoms with van der Waals surface area (Å²) in [6.45, 7) is 2.17. The van der Waals surface area contributed by atoms with Crippen LogP contribution in [0, 0.1) is 0 Å². The number of carbonyl (C=O) groups is 1. The van der Waals surface area contributed by atoms with Gasteiger partial charge in [-0.25, -0.2) is 4.99 Å². The van der Waals surface area contributed by atoms with Gasteiger partial charge in [-0.05, 0) is 0 Å². The zero-order valence-electron chi connectivity index (χ0n) is 7.28. The number of rotatable bonds is 0. The number of aliphatic imine (C=N–C) groups is 1. The molecule has 0 spiro atoms. The molecule has 0 saturated carbocycles. The summed E-state index contributed by atoms with van der Waals surface area (Å²) in [5.41, 5.74) is 0. The van der Waals surface area contributed by atoms with Gasteiger partial charge in [-0.3, -0.25) is 4.79 Å². The maximum absolute atomic E-state index is 10.9. The summed E-state index contributed by atoms with van der Waals surface area (Å²) in [5.74, 6) is 0.689. The van der Waals surface area contributed by atoms with E-state index in [1.54, 1.807) is 24.4 Å². The molecule has 1 amide bonds. The minimum absolute atomic E-state index is 0.0267. The van der Waals surface area contributed by atoms with Crippen LogP contribution >= 0.6 is 0 Å². The topological polar surface area (TPSA) is 41.9 Å². The minimum Gasteiger partial charge on any atom is -0.484 e. The van der Waals surface area contributed by atoms with Crippen LogP contribution in [0.4, 0.5) is 0 Å². The van der Waals surface area contributed by atoms with Crippen LogP contribution in [-0.4, -0.2) is 30.4 Å². The molecule has 0 N–H and O–H groups in total. The Hall–Kier alpha value is -1.32. The predicted octanol–water partition coefficient (Wildman–Crippen LogP) is 0.755. The lowest BCUT2D eigenvalue weighted by Gasteiger charge is -2.13. The summed E-state index contributed by atoms with van der Waals surface area (Å²) in [7, 11) is 1.58. The van der Waals surface area contributed by atoms with E-state index >= 15 is 0 Å². The third-order valence-electron chi connectivity index (χ3n) is 1.67. The highest BCUT2D eigenvalue weighted by atomic mass is 16.5. The van der Waals surface area contributed by atoms with Gasteiger partial charge in [0.15, 0.2) is 5.90 Å². The van der Waals surface area contributed by atoms with Crippen LogP contribution in [-0.2, 0) is 9.53 Å². The second-order valence-electron chi connectivity index (χ2n) is 2.49. The highest BCUT2D eigenvalue weighted by molar-refractivity contribution is 5.79. The first-order valence-corrected chi connectivity index (χ1v) is 3.78. The van der Waals surface area contributed by atoms with Crippen molar-refractivity contribution in [1.29, 1.82) is 0 Å². The maximum Gasteiger partial charge on any atom is 0.223 e. The molecule has 1 rings (SSSR count). The number of carbonyl (C=O) groups excluding carboxylic acids is 1. The third kappa shape index (κ3) is 2.08. The standard InChI is InChI=1S/C8H12N2O2/c1-7(11)10-5-3-8(12-2)9-4-6-10/h4,6H,3,5H2,1-2H3. The smallest absolute Gasteiger partial charge is 0.223 e. The monoisotopic (exact) mass is 168 g/mol. The lowest BCUT2D eigenvalue weighted by molar-refractivity contribution is -0.126. The normalized spacial score (nSPS) is 16.8. The molecule has 66 valence electrons. The number of nitrogens with zero attached hydrogens (tertiary/aromatic N) is 2. The van der Waals surface area contributed by atoms with Gasteiger partial charge >= 0.3 is 0 Å². The fourth-order valence-electron chi connectivity index (χ4n) is 0.969. The molecule has 4 heteroatoms. The first-order chi connectivity index (χ1) is 5.74. The second-order valence-corrected chi connectivity index (χ2v) is 2.49. The Morgan fingerprint density at radius 3 is 3.08 bits per heavy atom. The average molecular weight is 168 g/mol. The van der Waals surface area contributed by atoms with Gasteiger partial charge in [0.2, 0.25) is 5.91 Å². The molecule has 0 aromatic rings. The number of ether oxygens (including phenoxy) is 1. The van der Waals surface area contributed by atoms with E-state index in [1.165, 1.54) is 6.92 Å². The van der Waals surface area contributed by atoms with E-state index in [0.29, 0.717) is 18.9 Å². The van der Waals surface area contributed by atoms with Crippen LogP contribution in [0.1, 0.15) is 13.3 Å². The molecular weight excluding hydrogens is 156 g/mol. The molecule has 4 nitrogen and oxygen atoms in total. The highest BCUT2D eigenvalue weighted by Crippen LogP contribution is 2.02. The van der Waals surface area contributed by atoms with Gasteiger partial charge in [0, 0.05) is 32.3 Å². The van der Waals surface area contributed by atoms with E-state index in [1.807, 2.05) is 0 Å². The van der Waals surface area contributed by atoms with E-state index in [9.17, 15) is 4.79 Å². The first-order valence-electron chi connectivity index (χ1n) is 3.78. The maximum atomic E-state index is 10.9. The van der Waals surface area contributed by atoms with E-state index in [2.05, 4.69) is 4.99 Å². The van der Waals surface area contributed by atoms with Crippen molar-refractivity contribution in [2.75, 3.05) is 13.7 Å².